The van der Waals surface area contributed by atoms with Gasteiger partial charge in [0.25, 0.3) is 0 Å². The normalized spacial score (nSPS) is 17.6. The fourth-order valence-electron chi connectivity index (χ4n) is 1.47. The number of carbonyl (C=O) groups is 1. The van der Waals surface area contributed by atoms with Gasteiger partial charge in [-0.05, 0) is 25.7 Å². The van der Waals surface area contributed by atoms with Gasteiger partial charge in [0.15, 0.2) is 0 Å². The molecule has 1 aliphatic rings. The van der Waals surface area contributed by atoms with Gasteiger partial charge in [0, 0.05) is 18.7 Å². The van der Waals surface area contributed by atoms with Gasteiger partial charge in [-0.2, -0.15) is 0 Å². The number of piperidine rings is 1. The summed E-state index contributed by atoms with van der Waals surface area (Å²) < 4.78 is 0. The lowest BCUT2D eigenvalue weighted by molar-refractivity contribution is -0.128. The van der Waals surface area contributed by atoms with Crippen molar-refractivity contribution in [3.63, 3.8) is 0 Å². The van der Waals surface area contributed by atoms with E-state index < -0.39 is 0 Å². The minimum atomic E-state index is 0.164. The van der Waals surface area contributed by atoms with Gasteiger partial charge >= 0.3 is 0 Å². The summed E-state index contributed by atoms with van der Waals surface area (Å²) in [7, 11) is 0. The van der Waals surface area contributed by atoms with E-state index in [1.807, 2.05) is 11.8 Å². The molecule has 0 spiro atoms. The average molecular weight is 167 g/mol. The number of hydrogen-bond acceptors (Lipinski definition) is 1. The van der Waals surface area contributed by atoms with Gasteiger partial charge in [-0.25, -0.2) is 0 Å². The number of rotatable bonds is 2. The lowest BCUT2D eigenvalue weighted by Crippen LogP contribution is -2.36. The Bertz CT molecular complexity index is 180. The first-order valence-corrected chi connectivity index (χ1v) is 4.72. The van der Waals surface area contributed by atoms with E-state index in [9.17, 15) is 4.79 Å². The van der Waals surface area contributed by atoms with E-state index >= 15 is 0 Å². The fourth-order valence-corrected chi connectivity index (χ4v) is 1.47. The van der Waals surface area contributed by atoms with Crippen molar-refractivity contribution in [1.82, 2.24) is 4.90 Å². The van der Waals surface area contributed by atoms with Crippen LogP contribution in [0.3, 0.4) is 0 Å². The lowest BCUT2D eigenvalue weighted by Gasteiger charge is -2.27. The zero-order valence-corrected chi connectivity index (χ0v) is 7.81. The molecule has 68 valence electrons. The van der Waals surface area contributed by atoms with Gasteiger partial charge in [-0.1, -0.05) is 13.5 Å². The quantitative estimate of drug-likeness (QED) is 0.576. The van der Waals surface area contributed by atoms with Crippen LogP contribution in [0.25, 0.3) is 0 Å². The molecule has 0 unspecified atom stereocenters. The highest BCUT2D eigenvalue weighted by molar-refractivity contribution is 5.92. The van der Waals surface area contributed by atoms with E-state index in [0.29, 0.717) is 0 Å². The summed E-state index contributed by atoms with van der Waals surface area (Å²) in [6, 6.07) is 0. The molecule has 1 saturated heterocycles. The van der Waals surface area contributed by atoms with Crippen LogP contribution in [-0.2, 0) is 4.79 Å². The van der Waals surface area contributed by atoms with E-state index in [1.54, 1.807) is 0 Å². The summed E-state index contributed by atoms with van der Waals surface area (Å²) in [5, 5.41) is 0. The molecule has 1 aliphatic heterocycles. The smallest absolute Gasteiger partial charge is 0.249 e. The second kappa shape index (κ2) is 4.29. The highest BCUT2D eigenvalue weighted by Gasteiger charge is 2.17. The van der Waals surface area contributed by atoms with Crippen LogP contribution in [0, 0.1) is 0 Å². The third-order valence-electron chi connectivity index (χ3n) is 2.37. The molecule has 1 fully saturated rings. The predicted molar refractivity (Wildman–Crippen MR) is 49.9 cm³/mol. The molecule has 0 aliphatic carbocycles. The average Bonchev–Trinajstić information content (AvgIpc) is 2.17. The first kappa shape index (κ1) is 9.30. The molecule has 0 aromatic rings. The Morgan fingerprint density at radius 2 is 1.92 bits per heavy atom. The maximum Gasteiger partial charge on any atom is 0.249 e. The number of nitrogens with zero attached hydrogens (tertiary/aromatic N) is 1. The Hall–Kier alpha value is -0.790. The summed E-state index contributed by atoms with van der Waals surface area (Å²) in [6.45, 7) is 7.59. The van der Waals surface area contributed by atoms with Crippen molar-refractivity contribution in [2.24, 2.45) is 0 Å². The van der Waals surface area contributed by atoms with Crippen molar-refractivity contribution in [3.05, 3.63) is 12.2 Å². The zero-order chi connectivity index (χ0) is 8.97. The number of likely N-dealkylation sites (tertiary alicyclic amines) is 1. The van der Waals surface area contributed by atoms with Crippen LogP contribution in [0.1, 0.15) is 32.6 Å². The number of hydrogen-bond donors (Lipinski definition) is 0. The second-order valence-electron chi connectivity index (χ2n) is 3.31. The molecule has 0 radical (unpaired) electrons. The maximum atomic E-state index is 11.6. The van der Waals surface area contributed by atoms with Gasteiger partial charge in [-0.15, -0.1) is 0 Å². The first-order chi connectivity index (χ1) is 5.75. The Kier molecular flexibility index (Phi) is 3.32. The van der Waals surface area contributed by atoms with E-state index in [4.69, 9.17) is 0 Å². The summed E-state index contributed by atoms with van der Waals surface area (Å²) >= 11 is 0. The Balaban J connectivity index is 2.45. The minimum absolute atomic E-state index is 0.164. The van der Waals surface area contributed by atoms with Crippen molar-refractivity contribution in [1.29, 1.82) is 0 Å². The number of carbonyl (C=O) groups excluding carboxylic acids is 1. The third kappa shape index (κ3) is 2.10. The first-order valence-electron chi connectivity index (χ1n) is 4.72. The third-order valence-corrected chi connectivity index (χ3v) is 2.37. The van der Waals surface area contributed by atoms with Crippen LogP contribution in [-0.4, -0.2) is 23.9 Å². The molecule has 0 saturated carbocycles. The summed E-state index contributed by atoms with van der Waals surface area (Å²) in [4.78, 5) is 13.5. The molecular formula is C10H17NO. The Labute approximate surface area is 74.2 Å². The summed E-state index contributed by atoms with van der Waals surface area (Å²) in [5.41, 5.74) is 0.747. The molecule has 0 aromatic carbocycles. The number of amides is 1. The molecule has 1 heterocycles. The highest BCUT2D eigenvalue weighted by Crippen LogP contribution is 2.12. The van der Waals surface area contributed by atoms with Gasteiger partial charge in [0.05, 0.1) is 0 Å². The van der Waals surface area contributed by atoms with E-state index in [2.05, 4.69) is 6.58 Å². The molecule has 2 heteroatoms. The molecule has 12 heavy (non-hydrogen) atoms. The van der Waals surface area contributed by atoms with Gasteiger partial charge < -0.3 is 4.90 Å². The zero-order valence-electron chi connectivity index (χ0n) is 7.81. The topological polar surface area (TPSA) is 20.3 Å². The van der Waals surface area contributed by atoms with Crippen molar-refractivity contribution in [2.45, 2.75) is 32.6 Å². The molecule has 0 aromatic heterocycles. The van der Waals surface area contributed by atoms with Crippen LogP contribution in [0.5, 0.6) is 0 Å². The van der Waals surface area contributed by atoms with Crippen molar-refractivity contribution in [2.75, 3.05) is 13.1 Å². The fraction of sp³-hybridized carbons (Fsp3) is 0.700. The van der Waals surface area contributed by atoms with Gasteiger partial charge in [-0.3, -0.25) is 4.79 Å². The maximum absolute atomic E-state index is 11.6. The summed E-state index contributed by atoms with van der Waals surface area (Å²) in [6.07, 6.45) is 4.35. The van der Waals surface area contributed by atoms with Gasteiger partial charge in [0.1, 0.15) is 0 Å². The van der Waals surface area contributed by atoms with Crippen LogP contribution < -0.4 is 0 Å². The van der Waals surface area contributed by atoms with Crippen LogP contribution in [0.15, 0.2) is 12.2 Å². The molecule has 0 N–H and O–H groups in total. The van der Waals surface area contributed by atoms with Gasteiger partial charge in [0.2, 0.25) is 5.91 Å². The molecule has 0 atom stereocenters. The predicted octanol–water partition coefficient (Wildman–Crippen LogP) is 1.97. The van der Waals surface area contributed by atoms with Crippen molar-refractivity contribution in [3.8, 4) is 0 Å². The standard InChI is InChI=1S/C10H17NO/c1-3-9(2)10(12)11-7-5-4-6-8-11/h2-8H2,1H3. The van der Waals surface area contributed by atoms with Crippen molar-refractivity contribution < 1.29 is 4.79 Å². The van der Waals surface area contributed by atoms with E-state index in [1.165, 1.54) is 6.42 Å². The van der Waals surface area contributed by atoms with Crippen molar-refractivity contribution >= 4 is 5.91 Å². The van der Waals surface area contributed by atoms with Crippen LogP contribution in [0.4, 0.5) is 0 Å². The molecular weight excluding hydrogens is 150 g/mol. The molecule has 1 rings (SSSR count). The monoisotopic (exact) mass is 167 g/mol. The van der Waals surface area contributed by atoms with Crippen LogP contribution >= 0.6 is 0 Å². The SMILES string of the molecule is C=C(CC)C(=O)N1CCCCC1. The highest BCUT2D eigenvalue weighted by atomic mass is 16.2. The minimum Gasteiger partial charge on any atom is -0.339 e. The molecule has 1 amide bonds. The Morgan fingerprint density at radius 3 is 2.42 bits per heavy atom. The lowest BCUT2D eigenvalue weighted by atomic mass is 10.1. The van der Waals surface area contributed by atoms with E-state index in [-0.39, 0.29) is 5.91 Å². The summed E-state index contributed by atoms with van der Waals surface area (Å²) in [5.74, 6) is 0.164. The Morgan fingerprint density at radius 1 is 1.33 bits per heavy atom. The molecule has 2 nitrogen and oxygen atoms in total. The second-order valence-corrected chi connectivity index (χ2v) is 3.31. The molecule has 0 bridgehead atoms. The van der Waals surface area contributed by atoms with Crippen LogP contribution in [0.2, 0.25) is 0 Å². The van der Waals surface area contributed by atoms with E-state index in [0.717, 1.165) is 37.9 Å². The largest absolute Gasteiger partial charge is 0.339 e.